The average Bonchev–Trinajstić information content (AvgIpc) is 3.36. The number of amides is 2. The highest BCUT2D eigenvalue weighted by molar-refractivity contribution is 5.84. The molecule has 24 heavy (non-hydrogen) atoms. The van der Waals surface area contributed by atoms with Crippen molar-refractivity contribution in [1.82, 2.24) is 20.2 Å². The maximum Gasteiger partial charge on any atom is 0.225 e. The number of carbonyl (C=O) groups is 2. The third-order valence-electron chi connectivity index (χ3n) is 4.39. The van der Waals surface area contributed by atoms with E-state index in [1.54, 1.807) is 0 Å². The fourth-order valence-electron chi connectivity index (χ4n) is 2.91. The molecule has 2 aliphatic rings. The van der Waals surface area contributed by atoms with Gasteiger partial charge in [0.05, 0.1) is 0 Å². The summed E-state index contributed by atoms with van der Waals surface area (Å²) in [5.41, 5.74) is 1.91. The van der Waals surface area contributed by atoms with Crippen LogP contribution in [-0.4, -0.2) is 58.9 Å². The standard InChI is InChI=1S/C17H25N5O2/c1-12-11-13(2)19-17(18-12)22-9-7-21(8-10-22)16(24)6-5-15(23)20-14-3-4-14/h11,14H,3-10H2,1-2H3,(H,20,23). The first kappa shape index (κ1) is 16.7. The first-order chi connectivity index (χ1) is 11.5. The fourth-order valence-corrected chi connectivity index (χ4v) is 2.91. The zero-order valence-electron chi connectivity index (χ0n) is 14.4. The van der Waals surface area contributed by atoms with E-state index in [1.165, 1.54) is 0 Å². The van der Waals surface area contributed by atoms with E-state index in [0.29, 0.717) is 25.6 Å². The molecular weight excluding hydrogens is 306 g/mol. The molecule has 0 atom stereocenters. The van der Waals surface area contributed by atoms with Gasteiger partial charge in [-0.15, -0.1) is 0 Å². The minimum atomic E-state index is -0.00637. The first-order valence-electron chi connectivity index (χ1n) is 8.65. The molecule has 7 nitrogen and oxygen atoms in total. The summed E-state index contributed by atoms with van der Waals surface area (Å²) >= 11 is 0. The van der Waals surface area contributed by atoms with Crippen molar-refractivity contribution in [2.45, 2.75) is 45.6 Å². The van der Waals surface area contributed by atoms with Crippen LogP contribution in [-0.2, 0) is 9.59 Å². The predicted octanol–water partition coefficient (Wildman–Crippen LogP) is 0.801. The molecule has 0 spiro atoms. The number of nitrogens with zero attached hydrogens (tertiary/aromatic N) is 4. The summed E-state index contributed by atoms with van der Waals surface area (Å²) in [6.07, 6.45) is 2.72. The number of piperazine rings is 1. The summed E-state index contributed by atoms with van der Waals surface area (Å²) in [6, 6.07) is 2.31. The van der Waals surface area contributed by atoms with Crippen LogP contribution in [0.5, 0.6) is 0 Å². The molecule has 2 heterocycles. The molecule has 0 radical (unpaired) electrons. The van der Waals surface area contributed by atoms with E-state index in [9.17, 15) is 9.59 Å². The second kappa shape index (κ2) is 7.15. The van der Waals surface area contributed by atoms with Crippen LogP contribution >= 0.6 is 0 Å². The summed E-state index contributed by atoms with van der Waals surface area (Å²) in [5, 5.41) is 2.92. The van der Waals surface area contributed by atoms with Crippen LogP contribution in [0, 0.1) is 13.8 Å². The lowest BCUT2D eigenvalue weighted by Gasteiger charge is -2.35. The Kier molecular flexibility index (Phi) is 4.97. The highest BCUT2D eigenvalue weighted by Gasteiger charge is 2.25. The van der Waals surface area contributed by atoms with Crippen LogP contribution < -0.4 is 10.2 Å². The lowest BCUT2D eigenvalue weighted by Crippen LogP contribution is -2.49. The quantitative estimate of drug-likeness (QED) is 0.863. The van der Waals surface area contributed by atoms with Crippen molar-refractivity contribution < 1.29 is 9.59 Å². The highest BCUT2D eigenvalue weighted by Crippen LogP contribution is 2.19. The number of hydrogen-bond acceptors (Lipinski definition) is 5. The summed E-state index contributed by atoms with van der Waals surface area (Å²) in [4.78, 5) is 36.8. The monoisotopic (exact) mass is 331 g/mol. The number of hydrogen-bond donors (Lipinski definition) is 1. The van der Waals surface area contributed by atoms with Crippen molar-refractivity contribution in [1.29, 1.82) is 0 Å². The third-order valence-corrected chi connectivity index (χ3v) is 4.39. The molecule has 1 aliphatic carbocycles. The van der Waals surface area contributed by atoms with Gasteiger partial charge in [0.25, 0.3) is 0 Å². The van der Waals surface area contributed by atoms with E-state index in [0.717, 1.165) is 43.3 Å². The second-order valence-electron chi connectivity index (χ2n) is 6.66. The Morgan fingerprint density at radius 1 is 1.08 bits per heavy atom. The zero-order valence-corrected chi connectivity index (χ0v) is 14.4. The number of rotatable bonds is 5. The second-order valence-corrected chi connectivity index (χ2v) is 6.66. The molecule has 1 saturated heterocycles. The van der Waals surface area contributed by atoms with Crippen LogP contribution in [0.25, 0.3) is 0 Å². The molecule has 0 unspecified atom stereocenters. The number of carbonyl (C=O) groups excluding carboxylic acids is 2. The van der Waals surface area contributed by atoms with E-state index in [1.807, 2.05) is 24.8 Å². The molecule has 3 rings (SSSR count). The molecule has 1 aromatic rings. The van der Waals surface area contributed by atoms with Gasteiger partial charge in [-0.25, -0.2) is 9.97 Å². The topological polar surface area (TPSA) is 78.4 Å². The van der Waals surface area contributed by atoms with Gasteiger partial charge in [-0.2, -0.15) is 0 Å². The number of nitrogens with one attached hydrogen (secondary N) is 1. The van der Waals surface area contributed by atoms with Crippen molar-refractivity contribution >= 4 is 17.8 Å². The van der Waals surface area contributed by atoms with E-state index in [4.69, 9.17) is 0 Å². The SMILES string of the molecule is Cc1cc(C)nc(N2CCN(C(=O)CCC(=O)NC3CC3)CC2)n1. The molecule has 7 heteroatoms. The fraction of sp³-hybridized carbons (Fsp3) is 0.647. The number of aromatic nitrogens is 2. The van der Waals surface area contributed by atoms with Gasteiger partial charge in [0.15, 0.2) is 0 Å². The van der Waals surface area contributed by atoms with Gasteiger partial charge < -0.3 is 15.1 Å². The Morgan fingerprint density at radius 2 is 1.71 bits per heavy atom. The molecule has 2 fully saturated rings. The maximum atomic E-state index is 12.3. The molecule has 0 bridgehead atoms. The van der Waals surface area contributed by atoms with Gasteiger partial charge in [0.2, 0.25) is 17.8 Å². The molecule has 1 saturated carbocycles. The minimum absolute atomic E-state index is 0.00637. The van der Waals surface area contributed by atoms with Crippen LogP contribution in [0.3, 0.4) is 0 Å². The molecule has 1 N–H and O–H groups in total. The molecule has 130 valence electrons. The van der Waals surface area contributed by atoms with Crippen molar-refractivity contribution in [2.75, 3.05) is 31.1 Å². The molecule has 0 aromatic carbocycles. The summed E-state index contributed by atoms with van der Waals surface area (Å²) in [6.45, 7) is 6.68. The van der Waals surface area contributed by atoms with Crippen LogP contribution in [0.15, 0.2) is 6.07 Å². The van der Waals surface area contributed by atoms with E-state index >= 15 is 0 Å². The summed E-state index contributed by atoms with van der Waals surface area (Å²) < 4.78 is 0. The lowest BCUT2D eigenvalue weighted by atomic mass is 10.2. The largest absolute Gasteiger partial charge is 0.353 e. The van der Waals surface area contributed by atoms with Gasteiger partial charge in [-0.1, -0.05) is 0 Å². The molecular formula is C17H25N5O2. The molecule has 1 aliphatic heterocycles. The first-order valence-corrected chi connectivity index (χ1v) is 8.65. The Morgan fingerprint density at radius 3 is 2.29 bits per heavy atom. The molecule has 1 aromatic heterocycles. The van der Waals surface area contributed by atoms with Gasteiger partial charge in [-0.3, -0.25) is 9.59 Å². The smallest absolute Gasteiger partial charge is 0.225 e. The Labute approximate surface area is 142 Å². The normalized spacial score (nSPS) is 17.8. The third kappa shape index (κ3) is 4.43. The summed E-state index contributed by atoms with van der Waals surface area (Å²) in [7, 11) is 0. The van der Waals surface area contributed by atoms with Crippen molar-refractivity contribution in [2.24, 2.45) is 0 Å². The van der Waals surface area contributed by atoms with Crippen molar-refractivity contribution in [3.8, 4) is 0 Å². The van der Waals surface area contributed by atoms with Gasteiger partial charge in [0.1, 0.15) is 0 Å². The van der Waals surface area contributed by atoms with Gasteiger partial charge in [0, 0.05) is 56.5 Å². The van der Waals surface area contributed by atoms with Crippen molar-refractivity contribution in [3.63, 3.8) is 0 Å². The maximum absolute atomic E-state index is 12.3. The average molecular weight is 331 g/mol. The Hall–Kier alpha value is -2.18. The zero-order chi connectivity index (χ0) is 17.1. The van der Waals surface area contributed by atoms with Crippen LogP contribution in [0.4, 0.5) is 5.95 Å². The van der Waals surface area contributed by atoms with Crippen molar-refractivity contribution in [3.05, 3.63) is 17.5 Å². The molecule has 2 amide bonds. The highest BCUT2D eigenvalue weighted by atomic mass is 16.2. The Balaban J connectivity index is 1.45. The number of anilines is 1. The number of aryl methyl sites for hydroxylation is 2. The summed E-state index contributed by atoms with van der Waals surface area (Å²) in [5.74, 6) is 0.790. The Bertz CT molecular complexity index is 601. The van der Waals surface area contributed by atoms with E-state index < -0.39 is 0 Å². The van der Waals surface area contributed by atoms with Gasteiger partial charge >= 0.3 is 0 Å². The van der Waals surface area contributed by atoms with Crippen LogP contribution in [0.1, 0.15) is 37.1 Å². The minimum Gasteiger partial charge on any atom is -0.353 e. The van der Waals surface area contributed by atoms with Gasteiger partial charge in [-0.05, 0) is 32.8 Å². The van der Waals surface area contributed by atoms with E-state index in [2.05, 4.69) is 20.2 Å². The van der Waals surface area contributed by atoms with E-state index in [-0.39, 0.29) is 18.2 Å². The lowest BCUT2D eigenvalue weighted by molar-refractivity contribution is -0.133. The predicted molar refractivity (Wildman–Crippen MR) is 90.7 cm³/mol. The van der Waals surface area contributed by atoms with Crippen LogP contribution in [0.2, 0.25) is 0 Å².